The van der Waals surface area contributed by atoms with Crippen molar-refractivity contribution in [2.24, 2.45) is 0 Å². The number of carbonyl (C=O) groups excluding carboxylic acids is 1. The Bertz CT molecular complexity index is 589. The van der Waals surface area contributed by atoms with Gasteiger partial charge in [-0.3, -0.25) is 9.69 Å². The lowest BCUT2D eigenvalue weighted by Gasteiger charge is -2.18. The summed E-state index contributed by atoms with van der Waals surface area (Å²) in [5.41, 5.74) is 0.711. The molecule has 0 bridgehead atoms. The van der Waals surface area contributed by atoms with E-state index in [0.29, 0.717) is 30.0 Å². The number of carbonyl (C=O) groups is 1. The SMILES string of the molecule is COc1ccc(/C=C/C(=O)NCCCN(C)CC(F)(F)F)c(OC)c1. The molecule has 0 aromatic heterocycles. The van der Waals surface area contributed by atoms with Crippen LogP contribution in [0.4, 0.5) is 13.2 Å². The predicted molar refractivity (Wildman–Crippen MR) is 89.8 cm³/mol. The number of rotatable bonds is 9. The van der Waals surface area contributed by atoms with Crippen molar-refractivity contribution in [3.05, 3.63) is 29.8 Å². The van der Waals surface area contributed by atoms with Gasteiger partial charge in [-0.05, 0) is 38.2 Å². The van der Waals surface area contributed by atoms with Gasteiger partial charge in [0.1, 0.15) is 11.5 Å². The molecule has 5 nitrogen and oxygen atoms in total. The summed E-state index contributed by atoms with van der Waals surface area (Å²) in [6.07, 6.45) is -0.830. The van der Waals surface area contributed by atoms with Gasteiger partial charge in [0.25, 0.3) is 0 Å². The number of hydrogen-bond acceptors (Lipinski definition) is 4. The fraction of sp³-hybridized carbons (Fsp3) is 0.471. The molecule has 1 aromatic rings. The van der Waals surface area contributed by atoms with Crippen molar-refractivity contribution in [3.63, 3.8) is 0 Å². The molecule has 0 atom stereocenters. The van der Waals surface area contributed by atoms with E-state index in [4.69, 9.17) is 9.47 Å². The van der Waals surface area contributed by atoms with Crippen molar-refractivity contribution >= 4 is 12.0 Å². The minimum absolute atomic E-state index is 0.246. The normalized spacial score (nSPS) is 11.8. The van der Waals surface area contributed by atoms with Crippen LogP contribution in [-0.2, 0) is 4.79 Å². The molecule has 0 aliphatic carbocycles. The maximum absolute atomic E-state index is 12.2. The number of benzene rings is 1. The van der Waals surface area contributed by atoms with Gasteiger partial charge in [-0.15, -0.1) is 0 Å². The minimum atomic E-state index is -4.21. The van der Waals surface area contributed by atoms with E-state index in [1.807, 2.05) is 0 Å². The summed E-state index contributed by atoms with van der Waals surface area (Å²) in [6, 6.07) is 5.21. The third kappa shape index (κ3) is 8.44. The molecule has 0 unspecified atom stereocenters. The number of amides is 1. The highest BCUT2D eigenvalue weighted by Crippen LogP contribution is 2.25. The molecule has 0 saturated carbocycles. The number of ether oxygens (including phenoxy) is 2. The molecule has 1 aromatic carbocycles. The van der Waals surface area contributed by atoms with Crippen molar-refractivity contribution in [2.75, 3.05) is 40.9 Å². The van der Waals surface area contributed by atoms with E-state index in [2.05, 4.69) is 5.32 Å². The maximum Gasteiger partial charge on any atom is 0.401 e. The molecule has 1 amide bonds. The molecule has 1 N–H and O–H groups in total. The van der Waals surface area contributed by atoms with Gasteiger partial charge in [-0.25, -0.2) is 0 Å². The molecule has 1 rings (SSSR count). The van der Waals surface area contributed by atoms with Gasteiger partial charge in [0.2, 0.25) is 5.91 Å². The Kier molecular flexibility index (Phi) is 8.27. The monoisotopic (exact) mass is 360 g/mol. The van der Waals surface area contributed by atoms with E-state index in [0.717, 1.165) is 0 Å². The molecule has 0 saturated heterocycles. The Labute approximate surface area is 145 Å². The summed E-state index contributed by atoms with van der Waals surface area (Å²) in [6.45, 7) is -0.418. The first kappa shape index (κ1) is 20.8. The van der Waals surface area contributed by atoms with Gasteiger partial charge in [-0.2, -0.15) is 13.2 Å². The van der Waals surface area contributed by atoms with E-state index in [1.165, 1.54) is 25.1 Å². The fourth-order valence-electron chi connectivity index (χ4n) is 2.13. The number of nitrogens with zero attached hydrogens (tertiary/aromatic N) is 1. The van der Waals surface area contributed by atoms with Crippen LogP contribution in [-0.4, -0.2) is 57.9 Å². The molecule has 0 fully saturated rings. The summed E-state index contributed by atoms with van der Waals surface area (Å²) in [7, 11) is 4.46. The first-order chi connectivity index (χ1) is 11.7. The van der Waals surface area contributed by atoms with E-state index in [1.54, 1.807) is 31.4 Å². The minimum Gasteiger partial charge on any atom is -0.497 e. The lowest BCUT2D eigenvalue weighted by Crippen LogP contribution is -2.33. The highest BCUT2D eigenvalue weighted by atomic mass is 19.4. The summed E-state index contributed by atoms with van der Waals surface area (Å²) >= 11 is 0. The summed E-state index contributed by atoms with van der Waals surface area (Å²) in [4.78, 5) is 12.9. The molecule has 140 valence electrons. The van der Waals surface area contributed by atoms with Crippen molar-refractivity contribution in [2.45, 2.75) is 12.6 Å². The first-order valence-corrected chi connectivity index (χ1v) is 7.68. The fourth-order valence-corrected chi connectivity index (χ4v) is 2.13. The second kappa shape index (κ2) is 9.93. The van der Waals surface area contributed by atoms with Gasteiger partial charge in [0.15, 0.2) is 0 Å². The molecule has 0 radical (unpaired) electrons. The van der Waals surface area contributed by atoms with Crippen LogP contribution < -0.4 is 14.8 Å². The zero-order valence-electron chi connectivity index (χ0n) is 14.5. The average molecular weight is 360 g/mol. The van der Waals surface area contributed by atoms with Crippen LogP contribution in [0.25, 0.3) is 6.08 Å². The van der Waals surface area contributed by atoms with Crippen LogP contribution in [0.3, 0.4) is 0 Å². The molecule has 0 spiro atoms. The number of alkyl halides is 3. The second-order valence-corrected chi connectivity index (χ2v) is 5.44. The van der Waals surface area contributed by atoms with Gasteiger partial charge in [0.05, 0.1) is 20.8 Å². The van der Waals surface area contributed by atoms with Crippen molar-refractivity contribution < 1.29 is 27.4 Å². The number of nitrogens with one attached hydrogen (secondary N) is 1. The molecular weight excluding hydrogens is 337 g/mol. The molecule has 0 aliphatic heterocycles. The van der Waals surface area contributed by atoms with E-state index in [9.17, 15) is 18.0 Å². The highest BCUT2D eigenvalue weighted by Gasteiger charge is 2.28. The Hall–Kier alpha value is -2.22. The lowest BCUT2D eigenvalue weighted by molar-refractivity contribution is -0.143. The van der Waals surface area contributed by atoms with Gasteiger partial charge in [0, 0.05) is 24.3 Å². The summed E-state index contributed by atoms with van der Waals surface area (Å²) in [5.74, 6) is 0.884. The highest BCUT2D eigenvalue weighted by molar-refractivity contribution is 5.92. The Morgan fingerprint density at radius 1 is 1.28 bits per heavy atom. The zero-order chi connectivity index (χ0) is 18.9. The van der Waals surface area contributed by atoms with Gasteiger partial charge in [-0.1, -0.05) is 0 Å². The topological polar surface area (TPSA) is 50.8 Å². The van der Waals surface area contributed by atoms with Crippen LogP contribution in [0.5, 0.6) is 11.5 Å². The van der Waals surface area contributed by atoms with Gasteiger partial charge >= 0.3 is 6.18 Å². The summed E-state index contributed by atoms with van der Waals surface area (Å²) < 4.78 is 46.8. The van der Waals surface area contributed by atoms with Crippen LogP contribution in [0, 0.1) is 0 Å². The smallest absolute Gasteiger partial charge is 0.401 e. The van der Waals surface area contributed by atoms with E-state index in [-0.39, 0.29) is 12.5 Å². The largest absolute Gasteiger partial charge is 0.497 e. The van der Waals surface area contributed by atoms with Crippen LogP contribution >= 0.6 is 0 Å². The molecule has 0 heterocycles. The van der Waals surface area contributed by atoms with Crippen molar-refractivity contribution in [3.8, 4) is 11.5 Å². The average Bonchev–Trinajstić information content (AvgIpc) is 2.55. The molecule has 0 aliphatic rings. The molecule has 25 heavy (non-hydrogen) atoms. The Balaban J connectivity index is 2.41. The number of methoxy groups -OCH3 is 2. The van der Waals surface area contributed by atoms with Gasteiger partial charge < -0.3 is 14.8 Å². The van der Waals surface area contributed by atoms with E-state index >= 15 is 0 Å². The van der Waals surface area contributed by atoms with E-state index < -0.39 is 12.7 Å². The maximum atomic E-state index is 12.2. The zero-order valence-corrected chi connectivity index (χ0v) is 14.5. The van der Waals surface area contributed by atoms with Crippen LogP contribution in [0.2, 0.25) is 0 Å². The Morgan fingerprint density at radius 3 is 2.60 bits per heavy atom. The standard InChI is InChI=1S/C17H23F3N2O3/c1-22(12-17(18,19)20)10-4-9-21-16(23)8-6-13-5-7-14(24-2)11-15(13)25-3/h5-8,11H,4,9-10,12H2,1-3H3,(H,21,23)/b8-6+. The molecule has 8 heteroatoms. The van der Waals surface area contributed by atoms with Crippen molar-refractivity contribution in [1.82, 2.24) is 10.2 Å². The van der Waals surface area contributed by atoms with Crippen LogP contribution in [0.15, 0.2) is 24.3 Å². The third-order valence-electron chi connectivity index (χ3n) is 3.32. The summed E-state index contributed by atoms with van der Waals surface area (Å²) in [5, 5.41) is 2.63. The lowest BCUT2D eigenvalue weighted by atomic mass is 10.1. The third-order valence-corrected chi connectivity index (χ3v) is 3.32. The van der Waals surface area contributed by atoms with Crippen LogP contribution in [0.1, 0.15) is 12.0 Å². The number of hydrogen-bond donors (Lipinski definition) is 1. The Morgan fingerprint density at radius 2 is 2.00 bits per heavy atom. The second-order valence-electron chi connectivity index (χ2n) is 5.44. The number of halogens is 3. The first-order valence-electron chi connectivity index (χ1n) is 7.68. The van der Waals surface area contributed by atoms with Crippen molar-refractivity contribution in [1.29, 1.82) is 0 Å². The predicted octanol–water partition coefficient (Wildman–Crippen LogP) is 2.72. The quantitative estimate of drug-likeness (QED) is 0.543. The molecular formula is C17H23F3N2O3.